The highest BCUT2D eigenvalue weighted by Crippen LogP contribution is 2.36. The number of anilines is 3. The number of carbonyl (C=O) groups is 2. The minimum Gasteiger partial charge on any atom is -0.497 e. The molecule has 0 spiro atoms. The van der Waals surface area contributed by atoms with Crippen molar-refractivity contribution in [1.29, 1.82) is 0 Å². The smallest absolute Gasteiger partial charge is 0.270 e. The zero-order valence-corrected chi connectivity index (χ0v) is 22.7. The molecule has 3 aromatic carbocycles. The molecule has 2 fully saturated rings. The van der Waals surface area contributed by atoms with Gasteiger partial charge in [-0.25, -0.2) is 0 Å². The van der Waals surface area contributed by atoms with Crippen molar-refractivity contribution in [1.82, 2.24) is 0 Å². The summed E-state index contributed by atoms with van der Waals surface area (Å²) in [6.45, 7) is 2.89. The van der Waals surface area contributed by atoms with E-state index in [-0.39, 0.29) is 21.4 Å². The third kappa shape index (κ3) is 5.13. The molecule has 0 aliphatic carbocycles. The molecule has 0 aromatic heterocycles. The Morgan fingerprint density at radius 3 is 2.16 bits per heavy atom. The molecule has 5 rings (SSSR count). The first-order valence-electron chi connectivity index (χ1n) is 11.8. The van der Waals surface area contributed by atoms with Crippen LogP contribution in [0.2, 0.25) is 10.0 Å². The summed E-state index contributed by atoms with van der Waals surface area (Å²) in [7, 11) is 1.57. The second-order valence-corrected chi connectivity index (χ2v) is 9.82. The van der Waals surface area contributed by atoms with Crippen molar-refractivity contribution >= 4 is 75.5 Å². The maximum Gasteiger partial charge on any atom is 0.270 e. The minimum atomic E-state index is -0.596. The van der Waals surface area contributed by atoms with Crippen LogP contribution in [-0.2, 0) is 14.3 Å². The predicted octanol–water partition coefficient (Wildman–Crippen LogP) is 5.59. The van der Waals surface area contributed by atoms with E-state index in [0.717, 1.165) is 18.8 Å². The van der Waals surface area contributed by atoms with Crippen LogP contribution in [0.15, 0.2) is 72.3 Å². The fraction of sp³-hybridized carbons (Fsp3) is 0.179. The van der Waals surface area contributed by atoms with E-state index in [2.05, 4.69) is 4.90 Å². The number of amides is 2. The van der Waals surface area contributed by atoms with Crippen molar-refractivity contribution in [3.05, 3.63) is 87.9 Å². The molecule has 0 N–H and O–H groups in total. The third-order valence-corrected chi connectivity index (χ3v) is 7.23. The van der Waals surface area contributed by atoms with E-state index in [9.17, 15) is 9.59 Å². The first-order chi connectivity index (χ1) is 18.4. The second kappa shape index (κ2) is 11.1. The number of carbonyl (C=O) groups excluding carboxylic acids is 2. The van der Waals surface area contributed by atoms with Gasteiger partial charge in [0.1, 0.15) is 11.3 Å². The molecule has 0 saturated carbocycles. The number of hydrogen-bond acceptors (Lipinski definition) is 6. The normalized spacial score (nSPS) is 17.4. The summed E-state index contributed by atoms with van der Waals surface area (Å²) in [5.74, 6) is -0.477. The topological polar surface area (TPSA) is 62.3 Å². The van der Waals surface area contributed by atoms with Gasteiger partial charge < -0.3 is 14.4 Å². The van der Waals surface area contributed by atoms with Gasteiger partial charge in [0.05, 0.1) is 36.7 Å². The van der Waals surface area contributed by atoms with Crippen molar-refractivity contribution < 1.29 is 19.1 Å². The van der Waals surface area contributed by atoms with Crippen molar-refractivity contribution in [3.8, 4) is 5.75 Å². The minimum absolute atomic E-state index is 0.0184. The highest BCUT2D eigenvalue weighted by molar-refractivity contribution is 7.81. The average Bonchev–Trinajstić information content (AvgIpc) is 2.94. The molecule has 0 radical (unpaired) electrons. The number of hydrogen-bond donors (Lipinski definition) is 0. The molecule has 38 heavy (non-hydrogen) atoms. The Hall–Kier alpha value is -3.43. The largest absolute Gasteiger partial charge is 0.497 e. The maximum absolute atomic E-state index is 13.8. The summed E-state index contributed by atoms with van der Waals surface area (Å²) in [5, 5.41) is 0.625. The van der Waals surface area contributed by atoms with Crippen LogP contribution >= 0.6 is 35.4 Å². The van der Waals surface area contributed by atoms with Gasteiger partial charge in [0.2, 0.25) is 0 Å². The molecule has 2 saturated heterocycles. The number of nitrogens with zero attached hydrogens (tertiary/aromatic N) is 3. The number of benzene rings is 3. The molecule has 194 valence electrons. The Kier molecular flexibility index (Phi) is 7.67. The van der Waals surface area contributed by atoms with Crippen LogP contribution in [0.5, 0.6) is 5.75 Å². The van der Waals surface area contributed by atoms with Gasteiger partial charge in [-0.1, -0.05) is 35.3 Å². The van der Waals surface area contributed by atoms with Gasteiger partial charge in [-0.15, -0.1) is 0 Å². The maximum atomic E-state index is 13.8. The fourth-order valence-corrected chi connectivity index (χ4v) is 5.07. The first-order valence-corrected chi connectivity index (χ1v) is 13.0. The molecule has 0 unspecified atom stereocenters. The van der Waals surface area contributed by atoms with Gasteiger partial charge in [0.15, 0.2) is 5.11 Å². The number of rotatable bonds is 5. The van der Waals surface area contributed by atoms with Crippen molar-refractivity contribution in [2.45, 2.75) is 0 Å². The number of thiocarbonyl (C=S) groups is 1. The van der Waals surface area contributed by atoms with Crippen LogP contribution in [0.1, 0.15) is 5.56 Å². The van der Waals surface area contributed by atoms with Gasteiger partial charge in [0.25, 0.3) is 11.8 Å². The Morgan fingerprint density at radius 2 is 1.50 bits per heavy atom. The van der Waals surface area contributed by atoms with Crippen LogP contribution in [-0.4, -0.2) is 50.3 Å². The fourth-order valence-electron chi connectivity index (χ4n) is 4.33. The Bertz CT molecular complexity index is 1420. The third-order valence-electron chi connectivity index (χ3n) is 6.31. The lowest BCUT2D eigenvalue weighted by Gasteiger charge is -2.37. The molecule has 0 atom stereocenters. The quantitative estimate of drug-likeness (QED) is 0.227. The average molecular weight is 568 g/mol. The van der Waals surface area contributed by atoms with E-state index in [1.807, 2.05) is 24.3 Å². The molecule has 2 amide bonds. The second-order valence-electron chi connectivity index (χ2n) is 8.61. The van der Waals surface area contributed by atoms with Crippen LogP contribution in [0.3, 0.4) is 0 Å². The predicted molar refractivity (Wildman–Crippen MR) is 154 cm³/mol. The number of methoxy groups -OCH3 is 1. The lowest BCUT2D eigenvalue weighted by atomic mass is 10.0. The summed E-state index contributed by atoms with van der Waals surface area (Å²) in [6, 6.07) is 19.3. The van der Waals surface area contributed by atoms with E-state index in [4.69, 9.17) is 44.9 Å². The van der Waals surface area contributed by atoms with Crippen LogP contribution in [0, 0.1) is 0 Å². The summed E-state index contributed by atoms with van der Waals surface area (Å²) in [6.07, 6.45) is 1.53. The monoisotopic (exact) mass is 567 g/mol. The van der Waals surface area contributed by atoms with Crippen molar-refractivity contribution in [2.75, 3.05) is 48.1 Å². The number of morpholine rings is 1. The van der Waals surface area contributed by atoms with Crippen molar-refractivity contribution in [2.24, 2.45) is 0 Å². The summed E-state index contributed by atoms with van der Waals surface area (Å²) < 4.78 is 10.7. The summed E-state index contributed by atoms with van der Waals surface area (Å²) in [5.41, 5.74) is 2.39. The van der Waals surface area contributed by atoms with E-state index in [1.54, 1.807) is 49.6 Å². The molecular formula is C28H23Cl2N3O4S. The molecule has 2 aliphatic heterocycles. The van der Waals surface area contributed by atoms with E-state index in [0.29, 0.717) is 35.2 Å². The van der Waals surface area contributed by atoms with Gasteiger partial charge >= 0.3 is 0 Å². The van der Waals surface area contributed by atoms with Gasteiger partial charge in [-0.05, 0) is 78.5 Å². The molecule has 3 aromatic rings. The zero-order chi connectivity index (χ0) is 26.8. The van der Waals surface area contributed by atoms with Crippen LogP contribution in [0.25, 0.3) is 6.08 Å². The molecule has 7 nitrogen and oxygen atoms in total. The molecule has 2 aliphatic rings. The molecule has 10 heteroatoms. The molecule has 0 bridgehead atoms. The van der Waals surface area contributed by atoms with E-state index >= 15 is 0 Å². The van der Waals surface area contributed by atoms with Crippen LogP contribution in [0.4, 0.5) is 17.1 Å². The van der Waals surface area contributed by atoms with Crippen LogP contribution < -0.4 is 19.4 Å². The van der Waals surface area contributed by atoms with E-state index < -0.39 is 11.8 Å². The zero-order valence-electron chi connectivity index (χ0n) is 20.4. The van der Waals surface area contributed by atoms with Gasteiger partial charge in [-0.2, -0.15) is 0 Å². The lowest BCUT2D eigenvalue weighted by molar-refractivity contribution is -0.120. The molecule has 2 heterocycles. The van der Waals surface area contributed by atoms with Crippen molar-refractivity contribution in [3.63, 3.8) is 0 Å². The highest BCUT2D eigenvalue weighted by Gasteiger charge is 2.42. The summed E-state index contributed by atoms with van der Waals surface area (Å²) in [4.78, 5) is 32.3. The lowest BCUT2D eigenvalue weighted by Crippen LogP contribution is -2.57. The Morgan fingerprint density at radius 1 is 0.868 bits per heavy atom. The Balaban J connectivity index is 1.58. The summed E-state index contributed by atoms with van der Waals surface area (Å²) >= 11 is 18.4. The standard InChI is InChI=1S/C28H23Cl2N3O4S/c1-36-22-9-2-18(3-10-22)16-23-26(34)32(21-7-5-20(6-8-21)31-12-14-37-15-13-31)28(38)33(27(23)35)25-17-19(29)4-11-24(25)30/h2-11,16-17H,12-15H2,1H3/b23-16-. The SMILES string of the molecule is COc1ccc(/C=C2/C(=O)N(c3ccc(N4CCOCC4)cc3)C(=S)N(c3cc(Cl)ccc3Cl)C2=O)cc1. The molecular weight excluding hydrogens is 545 g/mol. The van der Waals surface area contributed by atoms with Gasteiger partial charge in [0, 0.05) is 23.8 Å². The highest BCUT2D eigenvalue weighted by atomic mass is 35.5. The first kappa shape index (κ1) is 26.2. The van der Waals surface area contributed by atoms with E-state index in [1.165, 1.54) is 15.9 Å². The Labute approximate surface area is 235 Å². The number of ether oxygens (including phenoxy) is 2. The van der Waals surface area contributed by atoms with Gasteiger partial charge in [-0.3, -0.25) is 19.4 Å². The number of halogens is 2.